The maximum atomic E-state index is 10.7. The lowest BCUT2D eigenvalue weighted by atomic mass is 9.79. The molecule has 1 aromatic carbocycles. The lowest BCUT2D eigenvalue weighted by molar-refractivity contribution is -0.384. The summed E-state index contributed by atoms with van der Waals surface area (Å²) >= 11 is 0. The molecule has 5 nitrogen and oxygen atoms in total. The van der Waals surface area contributed by atoms with E-state index in [1.165, 1.54) is 25.0 Å². The van der Waals surface area contributed by atoms with E-state index >= 15 is 0 Å². The highest BCUT2D eigenvalue weighted by Crippen LogP contribution is 2.32. The Hall–Kier alpha value is -2.09. The Balaban J connectivity index is 2.04. The zero-order chi connectivity index (χ0) is 15.4. The van der Waals surface area contributed by atoms with E-state index in [1.54, 1.807) is 6.07 Å². The van der Waals surface area contributed by atoms with Crippen molar-refractivity contribution in [1.29, 1.82) is 5.26 Å². The fraction of sp³-hybridized carbons (Fsp3) is 0.562. The first-order valence-electron chi connectivity index (χ1n) is 7.46. The second kappa shape index (κ2) is 6.57. The van der Waals surface area contributed by atoms with Gasteiger partial charge in [-0.2, -0.15) is 5.26 Å². The Kier molecular flexibility index (Phi) is 4.79. The molecule has 2 rings (SSSR count). The summed E-state index contributed by atoms with van der Waals surface area (Å²) in [5, 5.41) is 23.3. The van der Waals surface area contributed by atoms with E-state index in [4.69, 9.17) is 5.26 Å². The first kappa shape index (κ1) is 15.3. The van der Waals surface area contributed by atoms with E-state index < -0.39 is 4.92 Å². The van der Waals surface area contributed by atoms with Crippen LogP contribution < -0.4 is 5.32 Å². The maximum Gasteiger partial charge on any atom is 0.270 e. The summed E-state index contributed by atoms with van der Waals surface area (Å²) in [4.78, 5) is 10.3. The van der Waals surface area contributed by atoms with Gasteiger partial charge in [0, 0.05) is 18.2 Å². The minimum Gasteiger partial charge on any atom is -0.381 e. The Bertz CT molecular complexity index is 555. The van der Waals surface area contributed by atoms with Crippen molar-refractivity contribution in [2.45, 2.75) is 45.6 Å². The molecule has 0 aromatic heterocycles. The van der Waals surface area contributed by atoms with Crippen molar-refractivity contribution in [3.05, 3.63) is 33.9 Å². The van der Waals surface area contributed by atoms with Gasteiger partial charge in [0.25, 0.3) is 5.69 Å². The highest BCUT2D eigenvalue weighted by molar-refractivity contribution is 5.61. The summed E-state index contributed by atoms with van der Waals surface area (Å²) in [7, 11) is 0. The molecule has 1 fully saturated rings. The van der Waals surface area contributed by atoms with Crippen molar-refractivity contribution in [1.82, 2.24) is 0 Å². The molecule has 1 saturated carbocycles. The molecule has 0 amide bonds. The SMILES string of the molecule is CC(C)C1CCC(Nc2ccc([N+](=O)[O-])cc2C#N)CC1. The molecule has 112 valence electrons. The van der Waals surface area contributed by atoms with Crippen LogP contribution in [0.3, 0.4) is 0 Å². The number of rotatable bonds is 4. The summed E-state index contributed by atoms with van der Waals surface area (Å²) in [5.74, 6) is 1.51. The summed E-state index contributed by atoms with van der Waals surface area (Å²) in [6, 6.07) is 6.82. The van der Waals surface area contributed by atoms with E-state index in [2.05, 4.69) is 19.2 Å². The largest absolute Gasteiger partial charge is 0.381 e. The molecule has 1 aliphatic rings. The van der Waals surface area contributed by atoms with Crippen molar-refractivity contribution < 1.29 is 4.92 Å². The predicted molar refractivity (Wildman–Crippen MR) is 82.0 cm³/mol. The molecule has 0 bridgehead atoms. The molecule has 1 aromatic rings. The van der Waals surface area contributed by atoms with Crippen LogP contribution in [0.2, 0.25) is 0 Å². The number of hydrogen-bond donors (Lipinski definition) is 1. The monoisotopic (exact) mass is 287 g/mol. The Morgan fingerprint density at radius 1 is 1.33 bits per heavy atom. The van der Waals surface area contributed by atoms with Crippen molar-refractivity contribution >= 4 is 11.4 Å². The molecule has 0 aliphatic heterocycles. The van der Waals surface area contributed by atoms with Gasteiger partial charge in [-0.15, -0.1) is 0 Å². The molecular formula is C16H21N3O2. The fourth-order valence-corrected chi connectivity index (χ4v) is 3.01. The zero-order valence-corrected chi connectivity index (χ0v) is 12.5. The van der Waals surface area contributed by atoms with Gasteiger partial charge in [0.1, 0.15) is 6.07 Å². The molecule has 21 heavy (non-hydrogen) atoms. The van der Waals surface area contributed by atoms with Gasteiger partial charge in [0.05, 0.1) is 16.2 Å². The summed E-state index contributed by atoms with van der Waals surface area (Å²) in [6.07, 6.45) is 4.57. The lowest BCUT2D eigenvalue weighted by Gasteiger charge is -2.32. The quantitative estimate of drug-likeness (QED) is 0.668. The Labute approximate surface area is 125 Å². The topological polar surface area (TPSA) is 79.0 Å². The van der Waals surface area contributed by atoms with Crippen LogP contribution in [0.15, 0.2) is 18.2 Å². The maximum absolute atomic E-state index is 10.7. The zero-order valence-electron chi connectivity index (χ0n) is 12.5. The molecule has 1 aliphatic carbocycles. The number of anilines is 1. The van der Waals surface area contributed by atoms with E-state index in [1.807, 2.05) is 6.07 Å². The predicted octanol–water partition coefficient (Wildman–Crippen LogP) is 4.09. The van der Waals surface area contributed by atoms with Gasteiger partial charge in [-0.05, 0) is 43.6 Å². The van der Waals surface area contributed by atoms with Gasteiger partial charge in [-0.25, -0.2) is 0 Å². The molecule has 0 spiro atoms. The van der Waals surface area contributed by atoms with Crippen molar-refractivity contribution in [3.8, 4) is 6.07 Å². The second-order valence-electron chi connectivity index (χ2n) is 6.10. The van der Waals surface area contributed by atoms with Crippen LogP contribution in [-0.4, -0.2) is 11.0 Å². The van der Waals surface area contributed by atoms with Gasteiger partial charge in [0.15, 0.2) is 0 Å². The molecule has 5 heteroatoms. The van der Waals surface area contributed by atoms with E-state index in [-0.39, 0.29) is 5.69 Å². The smallest absolute Gasteiger partial charge is 0.270 e. The minimum absolute atomic E-state index is 0.0411. The summed E-state index contributed by atoms with van der Waals surface area (Å²) in [5.41, 5.74) is 1.01. The highest BCUT2D eigenvalue weighted by Gasteiger charge is 2.23. The van der Waals surface area contributed by atoms with Gasteiger partial charge in [-0.1, -0.05) is 13.8 Å². The number of nitrogens with one attached hydrogen (secondary N) is 1. The van der Waals surface area contributed by atoms with Crippen molar-refractivity contribution in [2.75, 3.05) is 5.32 Å². The van der Waals surface area contributed by atoms with Crippen LogP contribution in [0, 0.1) is 33.3 Å². The molecule has 0 saturated heterocycles. The standard InChI is InChI=1S/C16H21N3O2/c1-11(2)12-3-5-14(6-4-12)18-16-8-7-15(19(20)21)9-13(16)10-17/h7-9,11-12,14,18H,3-6H2,1-2H3. The van der Waals surface area contributed by atoms with E-state index in [0.717, 1.165) is 24.7 Å². The lowest BCUT2D eigenvalue weighted by Crippen LogP contribution is -2.28. The van der Waals surface area contributed by atoms with Crippen LogP contribution in [-0.2, 0) is 0 Å². The molecule has 0 atom stereocenters. The number of non-ortho nitro benzene ring substituents is 1. The number of benzene rings is 1. The first-order chi connectivity index (χ1) is 10.0. The number of nitrogens with zero attached hydrogens (tertiary/aromatic N) is 2. The van der Waals surface area contributed by atoms with E-state index in [9.17, 15) is 10.1 Å². The van der Waals surface area contributed by atoms with Gasteiger partial charge in [0.2, 0.25) is 0 Å². The Morgan fingerprint density at radius 2 is 2.00 bits per heavy atom. The van der Waals surface area contributed by atoms with Gasteiger partial charge in [-0.3, -0.25) is 10.1 Å². The normalized spacial score (nSPS) is 21.8. The van der Waals surface area contributed by atoms with Crippen LogP contribution >= 0.6 is 0 Å². The van der Waals surface area contributed by atoms with Crippen LogP contribution in [0.4, 0.5) is 11.4 Å². The second-order valence-corrected chi connectivity index (χ2v) is 6.10. The van der Waals surface area contributed by atoms with Crippen molar-refractivity contribution in [2.24, 2.45) is 11.8 Å². The Morgan fingerprint density at radius 3 is 2.52 bits per heavy atom. The van der Waals surface area contributed by atoms with Crippen molar-refractivity contribution in [3.63, 3.8) is 0 Å². The molecule has 0 unspecified atom stereocenters. The number of nitriles is 1. The first-order valence-corrected chi connectivity index (χ1v) is 7.46. The molecular weight excluding hydrogens is 266 g/mol. The minimum atomic E-state index is -0.474. The molecule has 0 heterocycles. The third-order valence-electron chi connectivity index (χ3n) is 4.41. The van der Waals surface area contributed by atoms with Gasteiger partial charge >= 0.3 is 0 Å². The third kappa shape index (κ3) is 3.72. The number of hydrogen-bond acceptors (Lipinski definition) is 4. The average Bonchev–Trinajstić information content (AvgIpc) is 2.48. The van der Waals surface area contributed by atoms with Crippen LogP contribution in [0.1, 0.15) is 45.1 Å². The number of nitro groups is 1. The molecule has 1 N–H and O–H groups in total. The third-order valence-corrected chi connectivity index (χ3v) is 4.41. The van der Waals surface area contributed by atoms with Crippen LogP contribution in [0.25, 0.3) is 0 Å². The molecule has 0 radical (unpaired) electrons. The summed E-state index contributed by atoms with van der Waals surface area (Å²) < 4.78 is 0. The van der Waals surface area contributed by atoms with E-state index in [0.29, 0.717) is 17.3 Å². The highest BCUT2D eigenvalue weighted by atomic mass is 16.6. The summed E-state index contributed by atoms with van der Waals surface area (Å²) in [6.45, 7) is 4.53. The van der Waals surface area contributed by atoms with Crippen LogP contribution in [0.5, 0.6) is 0 Å². The average molecular weight is 287 g/mol. The van der Waals surface area contributed by atoms with Gasteiger partial charge < -0.3 is 5.32 Å². The fourth-order valence-electron chi connectivity index (χ4n) is 3.01. The number of nitro benzene ring substituents is 1.